The number of carbonyl (C=O) groups is 1. The molecule has 7 nitrogen and oxygen atoms in total. The Labute approximate surface area is 162 Å². The zero-order valence-electron chi connectivity index (χ0n) is 16.1. The first-order valence-electron chi connectivity index (χ1n) is 9.03. The number of rotatable bonds is 4. The van der Waals surface area contributed by atoms with Crippen molar-refractivity contribution >= 4 is 5.91 Å². The Morgan fingerprint density at radius 2 is 1.75 bits per heavy atom. The van der Waals surface area contributed by atoms with Crippen molar-refractivity contribution in [3.05, 3.63) is 58.9 Å². The number of hydrogen-bond donors (Lipinski definition) is 0. The molecule has 144 valence electrons. The Bertz CT molecular complexity index is 1010. The topological polar surface area (TPSA) is 77.7 Å². The van der Waals surface area contributed by atoms with Crippen molar-refractivity contribution in [2.45, 2.75) is 19.9 Å². The monoisotopic (exact) mass is 379 g/mol. The van der Waals surface area contributed by atoms with Gasteiger partial charge in [0.15, 0.2) is 17.3 Å². The number of hydrogen-bond acceptors (Lipinski definition) is 6. The molecule has 28 heavy (non-hydrogen) atoms. The van der Waals surface area contributed by atoms with Crippen LogP contribution in [0.5, 0.6) is 11.5 Å². The predicted molar refractivity (Wildman–Crippen MR) is 102 cm³/mol. The second-order valence-corrected chi connectivity index (χ2v) is 6.68. The lowest BCUT2D eigenvalue weighted by atomic mass is 9.98. The zero-order valence-corrected chi connectivity index (χ0v) is 16.1. The van der Waals surface area contributed by atoms with Crippen LogP contribution in [0.15, 0.2) is 40.9 Å². The molecule has 1 aromatic heterocycles. The highest BCUT2D eigenvalue weighted by molar-refractivity contribution is 5.94. The van der Waals surface area contributed by atoms with Gasteiger partial charge in [0.1, 0.15) is 0 Å². The third-order valence-corrected chi connectivity index (χ3v) is 4.91. The van der Waals surface area contributed by atoms with Gasteiger partial charge in [0, 0.05) is 24.2 Å². The largest absolute Gasteiger partial charge is 0.493 e. The Balaban J connectivity index is 1.53. The van der Waals surface area contributed by atoms with E-state index in [0.717, 1.165) is 17.5 Å². The maximum absolute atomic E-state index is 13.0. The Kier molecular flexibility index (Phi) is 4.73. The standard InChI is InChI=1S/C21H21N3O4/c1-13-22-20(28-23-13)14-4-6-15(7-5-14)21(25)24-9-8-16-10-18(26-2)19(27-3)11-17(16)12-24/h4-7,10-11H,8-9,12H2,1-3H3. The fourth-order valence-corrected chi connectivity index (χ4v) is 3.41. The van der Waals surface area contributed by atoms with Crippen LogP contribution in [0, 0.1) is 6.92 Å². The van der Waals surface area contributed by atoms with Gasteiger partial charge in [-0.05, 0) is 60.9 Å². The Hall–Kier alpha value is -3.35. The molecule has 4 rings (SSSR count). The summed E-state index contributed by atoms with van der Waals surface area (Å²) in [5.41, 5.74) is 3.68. The second-order valence-electron chi connectivity index (χ2n) is 6.68. The number of fused-ring (bicyclic) bond motifs is 1. The molecule has 0 aliphatic carbocycles. The predicted octanol–water partition coefficient (Wildman–Crippen LogP) is 3.26. The zero-order chi connectivity index (χ0) is 19.7. The lowest BCUT2D eigenvalue weighted by molar-refractivity contribution is 0.0734. The second kappa shape index (κ2) is 7.34. The van der Waals surface area contributed by atoms with E-state index in [4.69, 9.17) is 14.0 Å². The van der Waals surface area contributed by atoms with Crippen molar-refractivity contribution in [1.82, 2.24) is 15.0 Å². The highest BCUT2D eigenvalue weighted by atomic mass is 16.5. The van der Waals surface area contributed by atoms with Gasteiger partial charge in [-0.1, -0.05) is 5.16 Å². The molecule has 0 saturated carbocycles. The van der Waals surface area contributed by atoms with Gasteiger partial charge in [-0.25, -0.2) is 0 Å². The van der Waals surface area contributed by atoms with Gasteiger partial charge in [0.25, 0.3) is 11.8 Å². The summed E-state index contributed by atoms with van der Waals surface area (Å²) in [4.78, 5) is 19.0. The quantitative estimate of drug-likeness (QED) is 0.692. The molecule has 3 aromatic rings. The van der Waals surface area contributed by atoms with Gasteiger partial charge in [-0.3, -0.25) is 4.79 Å². The number of nitrogens with zero attached hydrogens (tertiary/aromatic N) is 3. The maximum atomic E-state index is 13.0. The maximum Gasteiger partial charge on any atom is 0.257 e. The summed E-state index contributed by atoms with van der Waals surface area (Å²) < 4.78 is 15.9. The van der Waals surface area contributed by atoms with Crippen LogP contribution in [0.4, 0.5) is 0 Å². The summed E-state index contributed by atoms with van der Waals surface area (Å²) in [6.07, 6.45) is 0.779. The molecule has 0 bridgehead atoms. The molecule has 1 amide bonds. The van der Waals surface area contributed by atoms with Crippen molar-refractivity contribution < 1.29 is 18.8 Å². The van der Waals surface area contributed by atoms with E-state index in [1.54, 1.807) is 33.3 Å². The van der Waals surface area contributed by atoms with Crippen LogP contribution in [0.25, 0.3) is 11.5 Å². The number of carbonyl (C=O) groups excluding carboxylic acids is 1. The van der Waals surface area contributed by atoms with Crippen LogP contribution < -0.4 is 9.47 Å². The van der Waals surface area contributed by atoms with Crippen LogP contribution in [-0.4, -0.2) is 41.7 Å². The summed E-state index contributed by atoms with van der Waals surface area (Å²) in [6, 6.07) is 11.2. The highest BCUT2D eigenvalue weighted by Crippen LogP contribution is 2.33. The van der Waals surface area contributed by atoms with Gasteiger partial charge in [-0.2, -0.15) is 4.98 Å². The van der Waals surface area contributed by atoms with E-state index in [9.17, 15) is 4.79 Å². The molecular weight excluding hydrogens is 358 g/mol. The molecule has 0 fully saturated rings. The minimum atomic E-state index is -0.00584. The summed E-state index contributed by atoms with van der Waals surface area (Å²) in [5.74, 6) is 2.41. The number of amides is 1. The van der Waals surface area contributed by atoms with Gasteiger partial charge in [0.05, 0.1) is 14.2 Å². The first kappa shape index (κ1) is 18.0. The van der Waals surface area contributed by atoms with Crippen molar-refractivity contribution in [3.8, 4) is 23.0 Å². The van der Waals surface area contributed by atoms with E-state index >= 15 is 0 Å². The van der Waals surface area contributed by atoms with E-state index in [1.807, 2.05) is 29.2 Å². The van der Waals surface area contributed by atoms with E-state index in [0.29, 0.717) is 41.9 Å². The first-order chi connectivity index (χ1) is 13.6. The van der Waals surface area contributed by atoms with Crippen LogP contribution in [0.3, 0.4) is 0 Å². The highest BCUT2D eigenvalue weighted by Gasteiger charge is 2.24. The van der Waals surface area contributed by atoms with Gasteiger partial charge >= 0.3 is 0 Å². The van der Waals surface area contributed by atoms with Gasteiger partial charge in [-0.15, -0.1) is 0 Å². The lowest BCUT2D eigenvalue weighted by Gasteiger charge is -2.29. The fraction of sp³-hybridized carbons (Fsp3) is 0.286. The van der Waals surface area contributed by atoms with E-state index in [2.05, 4.69) is 10.1 Å². The van der Waals surface area contributed by atoms with Crippen LogP contribution in [0.2, 0.25) is 0 Å². The van der Waals surface area contributed by atoms with Crippen LogP contribution >= 0.6 is 0 Å². The molecule has 1 aliphatic heterocycles. The molecule has 2 heterocycles. The van der Waals surface area contributed by atoms with E-state index in [1.165, 1.54) is 5.56 Å². The summed E-state index contributed by atoms with van der Waals surface area (Å²) in [7, 11) is 3.24. The lowest BCUT2D eigenvalue weighted by Crippen LogP contribution is -2.36. The number of methoxy groups -OCH3 is 2. The van der Waals surface area contributed by atoms with E-state index in [-0.39, 0.29) is 5.91 Å². The molecule has 0 saturated heterocycles. The molecule has 7 heteroatoms. The molecule has 0 spiro atoms. The third-order valence-electron chi connectivity index (χ3n) is 4.91. The van der Waals surface area contributed by atoms with Crippen molar-refractivity contribution in [2.75, 3.05) is 20.8 Å². The average molecular weight is 379 g/mol. The fourth-order valence-electron chi connectivity index (χ4n) is 3.41. The van der Waals surface area contributed by atoms with Crippen LogP contribution in [-0.2, 0) is 13.0 Å². The van der Waals surface area contributed by atoms with Crippen molar-refractivity contribution in [3.63, 3.8) is 0 Å². The molecule has 0 N–H and O–H groups in total. The van der Waals surface area contributed by atoms with Gasteiger partial charge in [0.2, 0.25) is 0 Å². The van der Waals surface area contributed by atoms with E-state index < -0.39 is 0 Å². The van der Waals surface area contributed by atoms with Crippen LogP contribution in [0.1, 0.15) is 27.3 Å². The average Bonchev–Trinajstić information content (AvgIpc) is 3.18. The normalized spacial score (nSPS) is 13.2. The minimum Gasteiger partial charge on any atom is -0.493 e. The molecule has 0 unspecified atom stereocenters. The molecule has 0 atom stereocenters. The Morgan fingerprint density at radius 3 is 2.36 bits per heavy atom. The Morgan fingerprint density at radius 1 is 1.07 bits per heavy atom. The number of ether oxygens (including phenoxy) is 2. The van der Waals surface area contributed by atoms with Crippen molar-refractivity contribution in [2.24, 2.45) is 0 Å². The molecule has 0 radical (unpaired) electrons. The first-order valence-corrected chi connectivity index (χ1v) is 9.03. The smallest absolute Gasteiger partial charge is 0.257 e. The number of benzene rings is 2. The number of aromatic nitrogens is 2. The summed E-state index contributed by atoms with van der Waals surface area (Å²) in [6.45, 7) is 2.97. The summed E-state index contributed by atoms with van der Waals surface area (Å²) >= 11 is 0. The number of aryl methyl sites for hydroxylation is 1. The van der Waals surface area contributed by atoms with Crippen molar-refractivity contribution in [1.29, 1.82) is 0 Å². The molecule has 1 aliphatic rings. The SMILES string of the molecule is COc1cc2c(cc1OC)CN(C(=O)c1ccc(-c3nc(C)no3)cc1)CC2. The molecular formula is C21H21N3O4. The third kappa shape index (κ3) is 3.31. The molecule has 2 aromatic carbocycles. The summed E-state index contributed by atoms with van der Waals surface area (Å²) in [5, 5.41) is 3.79. The van der Waals surface area contributed by atoms with Gasteiger partial charge < -0.3 is 18.9 Å². The minimum absolute atomic E-state index is 0.00584.